The van der Waals surface area contributed by atoms with Crippen LogP contribution >= 0.6 is 0 Å². The van der Waals surface area contributed by atoms with Gasteiger partial charge in [-0.15, -0.1) is 0 Å². The number of para-hydroxylation sites is 1. The van der Waals surface area contributed by atoms with Crippen molar-refractivity contribution in [3.63, 3.8) is 0 Å². The highest BCUT2D eigenvalue weighted by atomic mass is 16.5. The Bertz CT molecular complexity index is 1130. The molecule has 41 heavy (non-hydrogen) atoms. The Kier molecular flexibility index (Phi) is 10.2. The number of carbonyl (C=O) groups excluding carboxylic acids is 5. The third-order valence-electron chi connectivity index (χ3n) is 8.33. The molecule has 2 heterocycles. The van der Waals surface area contributed by atoms with Gasteiger partial charge in [0.2, 0.25) is 23.6 Å². The van der Waals surface area contributed by atoms with Crippen LogP contribution in [0.4, 0.5) is 0 Å². The van der Waals surface area contributed by atoms with E-state index in [2.05, 4.69) is 21.3 Å². The van der Waals surface area contributed by atoms with E-state index in [0.29, 0.717) is 38.1 Å². The Balaban J connectivity index is 1.56. The number of hydrogen-bond donors (Lipinski definition) is 4. The molecule has 4 rings (SSSR count). The summed E-state index contributed by atoms with van der Waals surface area (Å²) in [6.07, 6.45) is 5.03. The molecule has 1 aliphatic carbocycles. The monoisotopic (exact) mass is 569 g/mol. The van der Waals surface area contributed by atoms with Crippen LogP contribution in [0, 0.1) is 5.92 Å². The lowest BCUT2D eigenvalue weighted by Crippen LogP contribution is -2.62. The molecule has 2 fully saturated rings. The summed E-state index contributed by atoms with van der Waals surface area (Å²) in [6, 6.07) is 5.42. The molecule has 1 aromatic carbocycles. The summed E-state index contributed by atoms with van der Waals surface area (Å²) in [5.74, 6) is -1.07. The lowest BCUT2D eigenvalue weighted by Gasteiger charge is -2.38. The minimum Gasteiger partial charge on any atom is -0.491 e. The summed E-state index contributed by atoms with van der Waals surface area (Å²) >= 11 is 0. The van der Waals surface area contributed by atoms with Gasteiger partial charge in [-0.05, 0) is 43.7 Å². The van der Waals surface area contributed by atoms with Gasteiger partial charge in [-0.1, -0.05) is 45.2 Å². The number of fused-ring (bicyclic) bond motifs is 1. The van der Waals surface area contributed by atoms with Crippen LogP contribution in [-0.2, 0) is 19.2 Å². The molecule has 2 aliphatic heterocycles. The highest BCUT2D eigenvalue weighted by Gasteiger charge is 2.42. The van der Waals surface area contributed by atoms with Crippen molar-refractivity contribution in [1.82, 2.24) is 26.2 Å². The molecule has 2 atom stereocenters. The number of likely N-dealkylation sites (tertiary alicyclic amines) is 1. The summed E-state index contributed by atoms with van der Waals surface area (Å²) in [5.41, 5.74) is -0.769. The number of rotatable bonds is 5. The predicted octanol–water partition coefficient (Wildman–Crippen LogP) is 1.66. The molecule has 1 aromatic rings. The summed E-state index contributed by atoms with van der Waals surface area (Å²) in [5, 5.41) is 11.7. The molecule has 0 bridgehead atoms. The van der Waals surface area contributed by atoms with Crippen LogP contribution in [0.3, 0.4) is 0 Å². The van der Waals surface area contributed by atoms with E-state index in [-0.39, 0.29) is 61.2 Å². The van der Waals surface area contributed by atoms with Gasteiger partial charge in [0.1, 0.15) is 23.9 Å². The summed E-state index contributed by atoms with van der Waals surface area (Å²) < 4.78 is 6.08. The molecule has 11 heteroatoms. The molecule has 11 nitrogen and oxygen atoms in total. The van der Waals surface area contributed by atoms with Crippen LogP contribution in [0.15, 0.2) is 24.3 Å². The fourth-order valence-electron chi connectivity index (χ4n) is 5.72. The normalized spacial score (nSPS) is 23.9. The highest BCUT2D eigenvalue weighted by Crippen LogP contribution is 2.29. The summed E-state index contributed by atoms with van der Waals surface area (Å²) in [4.78, 5) is 67.1. The van der Waals surface area contributed by atoms with Crippen molar-refractivity contribution in [2.75, 3.05) is 26.2 Å². The Morgan fingerprint density at radius 2 is 1.80 bits per heavy atom. The number of carbonyl (C=O) groups is 5. The lowest BCUT2D eigenvalue weighted by molar-refractivity contribution is -0.136. The molecule has 1 saturated heterocycles. The first kappa shape index (κ1) is 30.3. The van der Waals surface area contributed by atoms with Gasteiger partial charge >= 0.3 is 0 Å². The van der Waals surface area contributed by atoms with Crippen LogP contribution in [0.2, 0.25) is 0 Å². The maximum Gasteiger partial charge on any atom is 0.255 e. The molecule has 0 radical (unpaired) electrons. The van der Waals surface area contributed by atoms with E-state index in [1.807, 2.05) is 13.8 Å². The molecule has 5 amide bonds. The fourth-order valence-corrected chi connectivity index (χ4v) is 5.72. The van der Waals surface area contributed by atoms with Gasteiger partial charge in [-0.3, -0.25) is 24.0 Å². The number of ether oxygens (including phenoxy) is 1. The van der Waals surface area contributed by atoms with Crippen LogP contribution in [0.5, 0.6) is 5.75 Å². The molecule has 0 aromatic heterocycles. The van der Waals surface area contributed by atoms with Crippen LogP contribution in [0.1, 0.15) is 82.0 Å². The van der Waals surface area contributed by atoms with E-state index >= 15 is 0 Å². The molecular weight excluding hydrogens is 526 g/mol. The maximum atomic E-state index is 13.7. The number of nitrogens with zero attached hydrogens (tertiary/aromatic N) is 1. The number of benzene rings is 1. The lowest BCUT2D eigenvalue weighted by atomic mass is 9.80. The van der Waals surface area contributed by atoms with Crippen LogP contribution < -0.4 is 26.0 Å². The van der Waals surface area contributed by atoms with Gasteiger partial charge in [-0.2, -0.15) is 0 Å². The van der Waals surface area contributed by atoms with Crippen molar-refractivity contribution < 1.29 is 28.7 Å². The van der Waals surface area contributed by atoms with Gasteiger partial charge in [-0.25, -0.2) is 0 Å². The zero-order valence-corrected chi connectivity index (χ0v) is 24.1. The van der Waals surface area contributed by atoms with Gasteiger partial charge < -0.3 is 30.9 Å². The third kappa shape index (κ3) is 7.77. The SMILES string of the molecule is CC(C)[C@H]1COc2ccccc2C(=O)N[C@H](C(=O)NCCN2CCCC2=O)CCC(=O)NC2(CCCCC2)C(=O)N1. The topological polar surface area (TPSA) is 146 Å². The second-order valence-corrected chi connectivity index (χ2v) is 11.7. The second kappa shape index (κ2) is 13.8. The number of nitrogens with one attached hydrogen (secondary N) is 4. The van der Waals surface area contributed by atoms with Gasteiger partial charge in [0.15, 0.2) is 0 Å². The average Bonchev–Trinajstić information content (AvgIpc) is 3.37. The number of hydrogen-bond acceptors (Lipinski definition) is 6. The van der Waals surface area contributed by atoms with Crippen LogP contribution in [-0.4, -0.2) is 78.3 Å². The van der Waals surface area contributed by atoms with Gasteiger partial charge in [0.05, 0.1) is 11.6 Å². The van der Waals surface area contributed by atoms with Crippen molar-refractivity contribution >= 4 is 29.5 Å². The van der Waals surface area contributed by atoms with Crippen molar-refractivity contribution in [2.24, 2.45) is 5.92 Å². The maximum absolute atomic E-state index is 13.7. The molecule has 1 saturated carbocycles. The summed E-state index contributed by atoms with van der Waals surface area (Å²) in [6.45, 7) is 5.39. The Labute approximate surface area is 241 Å². The zero-order valence-electron chi connectivity index (χ0n) is 24.1. The van der Waals surface area contributed by atoms with E-state index < -0.39 is 23.4 Å². The smallest absolute Gasteiger partial charge is 0.255 e. The van der Waals surface area contributed by atoms with Crippen LogP contribution in [0.25, 0.3) is 0 Å². The zero-order chi connectivity index (χ0) is 29.4. The quantitative estimate of drug-likeness (QED) is 0.424. The Hall–Kier alpha value is -3.63. The standard InChI is InChI=1S/C30H43N5O6/c1-20(2)23-19-41-24-10-5-4-9-21(24)27(38)32-22(28(39)31-16-18-35-17-8-11-26(35)37)12-13-25(36)34-30(29(40)33-23)14-6-3-7-15-30/h4-5,9-10,20,22-23H,3,6-8,11-19H2,1-2H3,(H,31,39)(H,32,38)(H,33,40)(H,34,36)/t22-,23+/m0/s1. The second-order valence-electron chi connectivity index (χ2n) is 11.7. The minimum atomic E-state index is -1.02. The number of amides is 5. The Morgan fingerprint density at radius 1 is 1.05 bits per heavy atom. The fraction of sp³-hybridized carbons (Fsp3) is 0.633. The van der Waals surface area contributed by atoms with E-state index in [0.717, 1.165) is 25.7 Å². The van der Waals surface area contributed by atoms with Crippen molar-refractivity contribution in [3.8, 4) is 5.75 Å². The van der Waals surface area contributed by atoms with E-state index in [9.17, 15) is 24.0 Å². The van der Waals surface area contributed by atoms with Crippen molar-refractivity contribution in [3.05, 3.63) is 29.8 Å². The average molecular weight is 570 g/mol. The van der Waals surface area contributed by atoms with Gasteiger partial charge in [0.25, 0.3) is 5.91 Å². The first-order valence-electron chi connectivity index (χ1n) is 14.9. The summed E-state index contributed by atoms with van der Waals surface area (Å²) in [7, 11) is 0. The predicted molar refractivity (Wildman–Crippen MR) is 152 cm³/mol. The van der Waals surface area contributed by atoms with Gasteiger partial charge in [0, 0.05) is 32.5 Å². The highest BCUT2D eigenvalue weighted by molar-refractivity contribution is 6.00. The molecule has 0 unspecified atom stereocenters. The Morgan fingerprint density at radius 3 is 2.51 bits per heavy atom. The van der Waals surface area contributed by atoms with E-state index in [1.54, 1.807) is 29.2 Å². The molecule has 1 spiro atoms. The van der Waals surface area contributed by atoms with Crippen molar-refractivity contribution in [2.45, 2.75) is 89.3 Å². The van der Waals surface area contributed by atoms with Crippen molar-refractivity contribution in [1.29, 1.82) is 0 Å². The molecule has 4 N–H and O–H groups in total. The third-order valence-corrected chi connectivity index (χ3v) is 8.33. The molecule has 224 valence electrons. The molecule has 3 aliphatic rings. The molecular formula is C30H43N5O6. The van der Waals surface area contributed by atoms with E-state index in [4.69, 9.17) is 4.74 Å². The minimum absolute atomic E-state index is 0.0379. The first-order valence-corrected chi connectivity index (χ1v) is 14.9. The largest absolute Gasteiger partial charge is 0.491 e. The van der Waals surface area contributed by atoms with E-state index in [1.165, 1.54) is 0 Å². The first-order chi connectivity index (χ1) is 19.7.